The van der Waals surface area contributed by atoms with Gasteiger partial charge in [0, 0.05) is 30.5 Å². The molecule has 11 heteroatoms. The number of methoxy groups -OCH3 is 1. The summed E-state index contributed by atoms with van der Waals surface area (Å²) in [5.74, 6) is -2.89. The van der Waals surface area contributed by atoms with E-state index in [1.165, 1.54) is 25.3 Å². The fraction of sp³-hybridized carbons (Fsp3) is 0.375. The molecule has 3 saturated heterocycles. The third-order valence-corrected chi connectivity index (χ3v) is 8.33. The van der Waals surface area contributed by atoms with Gasteiger partial charge in [-0.2, -0.15) is 0 Å². The molecule has 3 amide bonds. The van der Waals surface area contributed by atoms with E-state index in [2.05, 4.69) is 5.32 Å². The quantitative estimate of drug-likeness (QED) is 0.377. The molecule has 0 bridgehead atoms. The number of aryl methyl sites for hydroxylation is 1. The van der Waals surface area contributed by atoms with E-state index in [1.54, 1.807) is 6.07 Å². The normalized spacial score (nSPS) is 30.5. The topological polar surface area (TPSA) is 123 Å². The van der Waals surface area contributed by atoms with E-state index in [0.717, 1.165) is 21.8 Å². The average Bonchev–Trinajstić information content (AvgIpc) is 3.52. The van der Waals surface area contributed by atoms with Gasteiger partial charge in [0.15, 0.2) is 0 Å². The highest BCUT2D eigenvalue weighted by Crippen LogP contribution is 2.54. The molecule has 0 saturated carbocycles. The minimum absolute atomic E-state index is 0.0155. The molecule has 180 valence electrons. The Morgan fingerprint density at radius 3 is 2.71 bits per heavy atom. The van der Waals surface area contributed by atoms with Crippen molar-refractivity contribution in [3.8, 4) is 5.75 Å². The number of non-ortho nitro benzene ring substituents is 1. The highest BCUT2D eigenvalue weighted by atomic mass is 35.5. The van der Waals surface area contributed by atoms with Gasteiger partial charge in [-0.05, 0) is 30.7 Å². The lowest BCUT2D eigenvalue weighted by Crippen LogP contribution is -3.19. The molecule has 2 N–H and O–H groups in total. The zero-order valence-electron chi connectivity index (χ0n) is 19.0. The summed E-state index contributed by atoms with van der Waals surface area (Å²) in [7, 11) is 1.37. The van der Waals surface area contributed by atoms with Crippen LogP contribution in [0.1, 0.15) is 24.0 Å². The number of nitrogens with zero attached hydrogens (tertiary/aromatic N) is 2. The number of carbonyl (C=O) groups excluding carboxylic acids is 3. The molecule has 10 nitrogen and oxygen atoms in total. The fourth-order valence-electron chi connectivity index (χ4n) is 6.86. The minimum Gasteiger partial charge on any atom is -0.495 e. The third kappa shape index (κ3) is 2.61. The van der Waals surface area contributed by atoms with E-state index in [0.29, 0.717) is 29.2 Å². The molecule has 0 radical (unpaired) electrons. The number of benzene rings is 2. The Morgan fingerprint density at radius 1 is 1.23 bits per heavy atom. The molecule has 4 aliphatic rings. The molecule has 0 aromatic heterocycles. The average molecular weight is 498 g/mol. The van der Waals surface area contributed by atoms with Gasteiger partial charge in [0.25, 0.3) is 11.6 Å². The van der Waals surface area contributed by atoms with E-state index in [-0.39, 0.29) is 29.1 Å². The number of quaternary nitrogens is 1. The predicted octanol–water partition coefficient (Wildman–Crippen LogP) is 1.58. The Labute approximate surface area is 204 Å². The van der Waals surface area contributed by atoms with Crippen LogP contribution in [0.5, 0.6) is 5.75 Å². The van der Waals surface area contributed by atoms with Crippen LogP contribution in [-0.4, -0.2) is 42.3 Å². The van der Waals surface area contributed by atoms with E-state index < -0.39 is 34.1 Å². The summed E-state index contributed by atoms with van der Waals surface area (Å²) in [5, 5.41) is 14.7. The van der Waals surface area contributed by atoms with Crippen molar-refractivity contribution in [2.75, 3.05) is 23.9 Å². The van der Waals surface area contributed by atoms with Crippen molar-refractivity contribution in [1.82, 2.24) is 0 Å². The zero-order chi connectivity index (χ0) is 24.8. The van der Waals surface area contributed by atoms with Gasteiger partial charge in [-0.1, -0.05) is 11.6 Å². The largest absolute Gasteiger partial charge is 0.495 e. The summed E-state index contributed by atoms with van der Waals surface area (Å²) in [5.41, 5.74) is 0.405. The molecule has 4 heterocycles. The fourth-order valence-corrected chi connectivity index (χ4v) is 7.18. The molecule has 1 unspecified atom stereocenters. The maximum absolute atomic E-state index is 14.1. The zero-order valence-corrected chi connectivity index (χ0v) is 19.7. The number of anilines is 2. The molecule has 0 aliphatic carbocycles. The second-order valence-corrected chi connectivity index (χ2v) is 9.99. The molecule has 35 heavy (non-hydrogen) atoms. The number of amides is 3. The highest BCUT2D eigenvalue weighted by molar-refractivity contribution is 6.35. The van der Waals surface area contributed by atoms with E-state index in [4.69, 9.17) is 16.3 Å². The van der Waals surface area contributed by atoms with Crippen LogP contribution in [0.4, 0.5) is 17.1 Å². The van der Waals surface area contributed by atoms with Crippen molar-refractivity contribution in [3.05, 3.63) is 56.6 Å². The van der Waals surface area contributed by atoms with Gasteiger partial charge in [-0.15, -0.1) is 0 Å². The van der Waals surface area contributed by atoms with Crippen LogP contribution in [0.15, 0.2) is 30.3 Å². The maximum Gasteiger partial charge on any atom is 0.291 e. The number of carbonyl (C=O) groups is 3. The molecule has 6 rings (SSSR count). The Kier molecular flexibility index (Phi) is 4.56. The first-order chi connectivity index (χ1) is 16.7. The standard InChI is InChI=1S/C24H21ClN4O6/c1-11-8-13-20(14(25)9-11)26-23(32)24(13)19-18(15-4-3-7-27(15)24)21(30)28(22(19)31)16-10-12(29(33)34)5-6-17(16)35-2/h5-6,8-10,15,18-19H,3-4,7H2,1-2H3,(H,26,32)/p+1/t15-,18+,19-,24-/m0/s1. The van der Waals surface area contributed by atoms with Gasteiger partial charge in [0.05, 0.1) is 29.3 Å². The highest BCUT2D eigenvalue weighted by Gasteiger charge is 2.78. The maximum atomic E-state index is 14.1. The van der Waals surface area contributed by atoms with Gasteiger partial charge in [0.1, 0.15) is 29.3 Å². The van der Waals surface area contributed by atoms with Crippen molar-refractivity contribution in [3.63, 3.8) is 0 Å². The van der Waals surface area contributed by atoms with Crippen molar-refractivity contribution >= 4 is 46.4 Å². The number of rotatable bonds is 3. The van der Waals surface area contributed by atoms with Crippen LogP contribution in [0.2, 0.25) is 5.02 Å². The van der Waals surface area contributed by atoms with Crippen molar-refractivity contribution in [2.24, 2.45) is 11.8 Å². The van der Waals surface area contributed by atoms with E-state index in [9.17, 15) is 24.5 Å². The summed E-state index contributed by atoms with van der Waals surface area (Å²) in [6.45, 7) is 2.52. The van der Waals surface area contributed by atoms with E-state index >= 15 is 0 Å². The monoisotopic (exact) mass is 497 g/mol. The van der Waals surface area contributed by atoms with Crippen molar-refractivity contribution in [1.29, 1.82) is 0 Å². The van der Waals surface area contributed by atoms with E-state index in [1.807, 2.05) is 13.0 Å². The number of nitrogens with one attached hydrogen (secondary N) is 2. The molecular weight excluding hydrogens is 476 g/mol. The lowest BCUT2D eigenvalue weighted by atomic mass is 9.75. The van der Waals surface area contributed by atoms with Gasteiger partial charge in [0.2, 0.25) is 17.4 Å². The summed E-state index contributed by atoms with van der Waals surface area (Å²) in [6, 6.07) is 7.19. The van der Waals surface area contributed by atoms with Crippen LogP contribution >= 0.6 is 11.6 Å². The SMILES string of the molecule is COc1ccc([N+](=O)[O-])cc1N1C(=O)[C@H]2[C@@H](C1=O)[C@@]1(C(=O)Nc3c(Cl)cc(C)cc31)[NH+]1CCC[C@@H]21. The number of hydrogen-bond donors (Lipinski definition) is 2. The lowest BCUT2D eigenvalue weighted by molar-refractivity contribution is -0.948. The Bertz CT molecular complexity index is 1360. The first kappa shape index (κ1) is 22.0. The first-order valence-corrected chi connectivity index (χ1v) is 11.8. The van der Waals surface area contributed by atoms with Crippen LogP contribution in [-0.2, 0) is 19.9 Å². The van der Waals surface area contributed by atoms with Crippen molar-refractivity contribution < 1.29 is 28.9 Å². The van der Waals surface area contributed by atoms with Crippen LogP contribution in [0, 0.1) is 28.9 Å². The predicted molar refractivity (Wildman–Crippen MR) is 124 cm³/mol. The number of ether oxygens (including phenoxy) is 1. The first-order valence-electron chi connectivity index (χ1n) is 11.4. The number of nitro benzene ring substituents is 1. The minimum atomic E-state index is -1.30. The summed E-state index contributed by atoms with van der Waals surface area (Å²) in [6.07, 6.45) is 1.51. The molecule has 2 aromatic carbocycles. The number of hydrogen-bond acceptors (Lipinski definition) is 6. The molecule has 4 aliphatic heterocycles. The van der Waals surface area contributed by atoms with Crippen LogP contribution in [0.3, 0.4) is 0 Å². The van der Waals surface area contributed by atoms with Crippen LogP contribution in [0.25, 0.3) is 0 Å². The van der Waals surface area contributed by atoms with Gasteiger partial charge >= 0.3 is 0 Å². The second-order valence-electron chi connectivity index (χ2n) is 9.58. The lowest BCUT2D eigenvalue weighted by Gasteiger charge is -2.33. The summed E-state index contributed by atoms with van der Waals surface area (Å²) in [4.78, 5) is 54.5. The number of imide groups is 1. The van der Waals surface area contributed by atoms with Gasteiger partial charge in [-0.25, -0.2) is 4.90 Å². The smallest absolute Gasteiger partial charge is 0.291 e. The molecular formula is C24H22ClN4O6+. The Balaban J connectivity index is 1.57. The number of fused-ring (bicyclic) bond motifs is 7. The summed E-state index contributed by atoms with van der Waals surface area (Å²) < 4.78 is 5.35. The van der Waals surface area contributed by atoms with Gasteiger partial charge < -0.3 is 15.0 Å². The van der Waals surface area contributed by atoms with Gasteiger partial charge in [-0.3, -0.25) is 24.5 Å². The molecule has 2 aromatic rings. The van der Waals surface area contributed by atoms with Crippen molar-refractivity contribution in [2.45, 2.75) is 31.3 Å². The Morgan fingerprint density at radius 2 is 2.00 bits per heavy atom. The molecule has 1 spiro atoms. The summed E-state index contributed by atoms with van der Waals surface area (Å²) >= 11 is 6.50. The number of halogens is 1. The third-order valence-electron chi connectivity index (χ3n) is 8.04. The second kappa shape index (κ2) is 7.25. The van der Waals surface area contributed by atoms with Crippen LogP contribution < -0.4 is 19.9 Å². The number of nitro groups is 1. The Hall–Kier alpha value is -3.50. The molecule has 5 atom stereocenters. The molecule has 3 fully saturated rings.